The van der Waals surface area contributed by atoms with Crippen LogP contribution in [0.2, 0.25) is 0 Å². The van der Waals surface area contributed by atoms with Crippen LogP contribution >= 0.6 is 0 Å². The summed E-state index contributed by atoms with van der Waals surface area (Å²) in [7, 11) is 0. The highest BCUT2D eigenvalue weighted by Crippen LogP contribution is 2.24. The van der Waals surface area contributed by atoms with E-state index in [1.54, 1.807) is 0 Å². The highest BCUT2D eigenvalue weighted by atomic mass is 16.5. The van der Waals surface area contributed by atoms with E-state index < -0.39 is 0 Å². The quantitative estimate of drug-likeness (QED) is 0.864. The highest BCUT2D eigenvalue weighted by molar-refractivity contribution is 5.45. The number of nitrogens with zero attached hydrogens (tertiary/aromatic N) is 4. The molecule has 144 valence electrons. The van der Waals surface area contributed by atoms with Gasteiger partial charge in [-0.15, -0.1) is 0 Å². The molecule has 0 spiro atoms. The summed E-state index contributed by atoms with van der Waals surface area (Å²) in [6, 6.07) is 10.1. The summed E-state index contributed by atoms with van der Waals surface area (Å²) in [6.45, 7) is 6.89. The Labute approximate surface area is 160 Å². The molecule has 0 saturated carbocycles. The number of aromatic nitrogens is 2. The van der Waals surface area contributed by atoms with Gasteiger partial charge in [0.25, 0.3) is 0 Å². The molecule has 2 saturated heterocycles. The van der Waals surface area contributed by atoms with E-state index in [1.165, 1.54) is 0 Å². The molecular formula is C20H27N5O2. The third-order valence-corrected chi connectivity index (χ3v) is 5.10. The van der Waals surface area contributed by atoms with Crippen molar-refractivity contribution in [2.45, 2.75) is 25.5 Å². The predicted octanol–water partition coefficient (Wildman–Crippen LogP) is 1.99. The van der Waals surface area contributed by atoms with Crippen molar-refractivity contribution in [3.63, 3.8) is 0 Å². The molecule has 2 aliphatic heterocycles. The molecule has 2 aromatic rings. The molecule has 2 aliphatic rings. The molecule has 4 rings (SSSR count). The summed E-state index contributed by atoms with van der Waals surface area (Å²) < 4.78 is 11.6. The topological polar surface area (TPSA) is 76.7 Å². The molecule has 0 aliphatic carbocycles. The molecule has 0 unspecified atom stereocenters. The Balaban J connectivity index is 1.37. The van der Waals surface area contributed by atoms with Gasteiger partial charge in [-0.1, -0.05) is 12.1 Å². The monoisotopic (exact) mass is 369 g/mol. The molecule has 3 heterocycles. The number of hydrogen-bond donors (Lipinski definition) is 1. The van der Waals surface area contributed by atoms with Crippen LogP contribution in [-0.2, 0) is 4.74 Å². The zero-order valence-corrected chi connectivity index (χ0v) is 15.8. The summed E-state index contributed by atoms with van der Waals surface area (Å²) in [6.07, 6.45) is 2.98. The molecule has 0 amide bonds. The Morgan fingerprint density at radius 1 is 1.11 bits per heavy atom. The van der Waals surface area contributed by atoms with Crippen molar-refractivity contribution in [2.75, 3.05) is 49.2 Å². The third kappa shape index (κ3) is 4.31. The van der Waals surface area contributed by atoms with Crippen molar-refractivity contribution in [3.8, 4) is 5.75 Å². The van der Waals surface area contributed by atoms with Gasteiger partial charge in [0.05, 0.1) is 19.8 Å². The molecule has 7 heteroatoms. The second-order valence-corrected chi connectivity index (χ2v) is 7.15. The predicted molar refractivity (Wildman–Crippen MR) is 105 cm³/mol. The van der Waals surface area contributed by atoms with Gasteiger partial charge in [-0.05, 0) is 30.7 Å². The maximum absolute atomic E-state index is 6.16. The fourth-order valence-corrected chi connectivity index (χ4v) is 3.51. The first-order valence-electron chi connectivity index (χ1n) is 9.62. The van der Waals surface area contributed by atoms with Crippen molar-refractivity contribution in [2.24, 2.45) is 5.73 Å². The molecule has 1 aromatic heterocycles. The van der Waals surface area contributed by atoms with E-state index in [-0.39, 0.29) is 12.1 Å². The summed E-state index contributed by atoms with van der Waals surface area (Å²) in [4.78, 5) is 13.6. The van der Waals surface area contributed by atoms with E-state index in [2.05, 4.69) is 14.8 Å². The standard InChI is InChI=1S/C20H27N5O2/c1-15(21)16-2-4-17(5-3-16)27-18-7-9-25(14-18)19-6-8-22-20(23-19)24-10-12-26-13-11-24/h2-6,8,15,18H,7,9-14,21H2,1H3/t15-,18+/m0/s1. The Morgan fingerprint density at radius 2 is 1.89 bits per heavy atom. The van der Waals surface area contributed by atoms with Crippen LogP contribution in [0, 0.1) is 0 Å². The van der Waals surface area contributed by atoms with Gasteiger partial charge >= 0.3 is 0 Å². The van der Waals surface area contributed by atoms with E-state index in [4.69, 9.17) is 20.2 Å². The Kier molecular flexibility index (Phi) is 5.40. The summed E-state index contributed by atoms with van der Waals surface area (Å²) in [5, 5.41) is 0. The zero-order valence-electron chi connectivity index (χ0n) is 15.8. The zero-order chi connectivity index (χ0) is 18.6. The highest BCUT2D eigenvalue weighted by Gasteiger charge is 2.26. The van der Waals surface area contributed by atoms with Gasteiger partial charge < -0.3 is 25.0 Å². The van der Waals surface area contributed by atoms with Crippen LogP contribution in [0.15, 0.2) is 36.5 Å². The van der Waals surface area contributed by atoms with E-state index in [9.17, 15) is 0 Å². The van der Waals surface area contributed by atoms with Crippen LogP contribution in [-0.4, -0.2) is 55.5 Å². The van der Waals surface area contributed by atoms with Gasteiger partial charge in [0.15, 0.2) is 0 Å². The molecule has 2 atom stereocenters. The minimum atomic E-state index is 0.0412. The lowest BCUT2D eigenvalue weighted by atomic mass is 10.1. The first-order chi connectivity index (χ1) is 13.2. The number of morpholine rings is 1. The Hall–Kier alpha value is -2.38. The van der Waals surface area contributed by atoms with Crippen LogP contribution in [0.3, 0.4) is 0 Å². The van der Waals surface area contributed by atoms with Crippen LogP contribution in [0.5, 0.6) is 5.75 Å². The molecule has 0 radical (unpaired) electrons. The maximum Gasteiger partial charge on any atom is 0.227 e. The summed E-state index contributed by atoms with van der Waals surface area (Å²) in [5.41, 5.74) is 7.02. The lowest BCUT2D eigenvalue weighted by Crippen LogP contribution is -2.37. The van der Waals surface area contributed by atoms with Crippen molar-refractivity contribution in [1.29, 1.82) is 0 Å². The molecule has 7 nitrogen and oxygen atoms in total. The van der Waals surface area contributed by atoms with Gasteiger partial charge in [-0.2, -0.15) is 4.98 Å². The molecular weight excluding hydrogens is 342 g/mol. The average molecular weight is 369 g/mol. The second-order valence-electron chi connectivity index (χ2n) is 7.15. The number of nitrogens with two attached hydrogens (primary N) is 1. The van der Waals surface area contributed by atoms with Gasteiger partial charge in [0.2, 0.25) is 5.95 Å². The smallest absolute Gasteiger partial charge is 0.227 e. The Morgan fingerprint density at radius 3 is 2.63 bits per heavy atom. The van der Waals surface area contributed by atoms with Crippen LogP contribution in [0.4, 0.5) is 11.8 Å². The first kappa shape index (κ1) is 18.0. The minimum Gasteiger partial charge on any atom is -0.489 e. The van der Waals surface area contributed by atoms with Gasteiger partial charge in [0, 0.05) is 38.3 Å². The van der Waals surface area contributed by atoms with E-state index in [0.29, 0.717) is 0 Å². The van der Waals surface area contributed by atoms with E-state index in [1.807, 2.05) is 43.5 Å². The summed E-state index contributed by atoms with van der Waals surface area (Å²) in [5.74, 6) is 2.64. The van der Waals surface area contributed by atoms with Crippen LogP contribution < -0.4 is 20.3 Å². The van der Waals surface area contributed by atoms with E-state index in [0.717, 1.165) is 68.9 Å². The van der Waals surface area contributed by atoms with Crippen molar-refractivity contribution in [1.82, 2.24) is 9.97 Å². The number of anilines is 2. The molecule has 2 fully saturated rings. The maximum atomic E-state index is 6.16. The van der Waals surface area contributed by atoms with Gasteiger partial charge in [-0.3, -0.25) is 0 Å². The Bertz CT molecular complexity index is 746. The van der Waals surface area contributed by atoms with Crippen molar-refractivity contribution in [3.05, 3.63) is 42.1 Å². The normalized spacial score (nSPS) is 21.3. The average Bonchev–Trinajstić information content (AvgIpc) is 3.18. The fourth-order valence-electron chi connectivity index (χ4n) is 3.51. The van der Waals surface area contributed by atoms with Gasteiger partial charge in [-0.25, -0.2) is 4.98 Å². The number of ether oxygens (including phenoxy) is 2. The lowest BCUT2D eigenvalue weighted by Gasteiger charge is -2.27. The molecule has 27 heavy (non-hydrogen) atoms. The van der Waals surface area contributed by atoms with Crippen molar-refractivity contribution >= 4 is 11.8 Å². The number of hydrogen-bond acceptors (Lipinski definition) is 7. The minimum absolute atomic E-state index is 0.0412. The van der Waals surface area contributed by atoms with E-state index >= 15 is 0 Å². The van der Waals surface area contributed by atoms with Crippen molar-refractivity contribution < 1.29 is 9.47 Å². The molecule has 0 bridgehead atoms. The lowest BCUT2D eigenvalue weighted by molar-refractivity contribution is 0.122. The summed E-state index contributed by atoms with van der Waals surface area (Å²) >= 11 is 0. The molecule has 2 N–H and O–H groups in total. The fraction of sp³-hybridized carbons (Fsp3) is 0.500. The largest absolute Gasteiger partial charge is 0.489 e. The van der Waals surface area contributed by atoms with Gasteiger partial charge in [0.1, 0.15) is 17.7 Å². The SMILES string of the molecule is C[C@H](N)c1ccc(O[C@@H]2CCN(c3ccnc(N4CCOCC4)n3)C2)cc1. The molecule has 1 aromatic carbocycles. The third-order valence-electron chi connectivity index (χ3n) is 5.10. The van der Waals surface area contributed by atoms with Crippen LogP contribution in [0.1, 0.15) is 24.9 Å². The van der Waals surface area contributed by atoms with Crippen LogP contribution in [0.25, 0.3) is 0 Å². The second kappa shape index (κ2) is 8.10. The number of benzene rings is 1. The first-order valence-corrected chi connectivity index (χ1v) is 9.62. The number of rotatable bonds is 5.